The molecule has 0 spiro atoms. The highest BCUT2D eigenvalue weighted by Crippen LogP contribution is 2.34. The fourth-order valence-corrected chi connectivity index (χ4v) is 3.60. The fraction of sp³-hybridized carbons (Fsp3) is 0.611. The summed E-state index contributed by atoms with van der Waals surface area (Å²) in [4.78, 5) is 24.6. The topological polar surface area (TPSA) is 105 Å². The van der Waals surface area contributed by atoms with Crippen molar-refractivity contribution in [1.29, 1.82) is 0 Å². The second-order valence-corrected chi connectivity index (χ2v) is 8.65. The lowest BCUT2D eigenvalue weighted by molar-refractivity contribution is -0.387. The van der Waals surface area contributed by atoms with Gasteiger partial charge in [0.15, 0.2) is 0 Å². The number of thioether (sulfide) groups is 1. The third-order valence-electron chi connectivity index (χ3n) is 4.10. The Hall–Kier alpha value is -2.07. The maximum atomic E-state index is 14.0. The minimum atomic E-state index is -0.907. The summed E-state index contributed by atoms with van der Waals surface area (Å²) in [5.74, 6) is -0.557. The molecule has 0 unspecified atom stereocenters. The molecule has 10 heteroatoms. The number of amides is 1. The third-order valence-corrected chi connectivity index (χ3v) is 5.14. The number of nitrogens with one attached hydrogen (secondary N) is 1. The average molecular weight is 415 g/mol. The second kappa shape index (κ2) is 9.42. The number of anilines is 1. The van der Waals surface area contributed by atoms with Crippen LogP contribution in [0.3, 0.4) is 0 Å². The third kappa shape index (κ3) is 6.23. The first-order chi connectivity index (χ1) is 13.1. The van der Waals surface area contributed by atoms with E-state index in [-0.39, 0.29) is 18.7 Å². The highest BCUT2D eigenvalue weighted by molar-refractivity contribution is 7.99. The van der Waals surface area contributed by atoms with Gasteiger partial charge in [-0.1, -0.05) is 0 Å². The Morgan fingerprint density at radius 2 is 2.07 bits per heavy atom. The van der Waals surface area contributed by atoms with Crippen molar-refractivity contribution in [2.75, 3.05) is 30.8 Å². The monoisotopic (exact) mass is 415 g/mol. The molecule has 0 atom stereocenters. The van der Waals surface area contributed by atoms with Gasteiger partial charge in [0.25, 0.3) is 0 Å². The van der Waals surface area contributed by atoms with Crippen LogP contribution in [0.2, 0.25) is 0 Å². The number of carbonyl (C=O) groups is 1. The molecule has 1 aliphatic heterocycles. The van der Waals surface area contributed by atoms with E-state index in [1.54, 1.807) is 4.90 Å². The van der Waals surface area contributed by atoms with Gasteiger partial charge < -0.3 is 20.1 Å². The number of nitrogens with zero attached hydrogens (tertiary/aromatic N) is 2. The van der Waals surface area contributed by atoms with Gasteiger partial charge in [-0.15, -0.1) is 11.8 Å². The standard InChI is InChI=1S/C18H26FN3O5S/c1-18(2,3)27-17(24)21-6-4-12(5-7-21)20-14-11-15(22(25)26)13(19)10-16(14)28-9-8-23/h10-12,20,23H,4-9H2,1-3H3. The minimum Gasteiger partial charge on any atom is -0.444 e. The van der Waals surface area contributed by atoms with E-state index in [1.165, 1.54) is 17.8 Å². The van der Waals surface area contributed by atoms with Crippen molar-refractivity contribution in [3.63, 3.8) is 0 Å². The number of halogens is 1. The van der Waals surface area contributed by atoms with Crippen LogP contribution in [-0.4, -0.2) is 58.1 Å². The van der Waals surface area contributed by atoms with E-state index >= 15 is 0 Å². The van der Waals surface area contributed by atoms with Gasteiger partial charge >= 0.3 is 11.8 Å². The van der Waals surface area contributed by atoms with Gasteiger partial charge in [0, 0.05) is 35.8 Å². The first kappa shape index (κ1) is 22.2. The molecule has 1 amide bonds. The number of piperidine rings is 1. The number of hydrogen-bond acceptors (Lipinski definition) is 7. The number of nitro groups is 1. The van der Waals surface area contributed by atoms with Crippen molar-refractivity contribution in [2.24, 2.45) is 0 Å². The first-order valence-electron chi connectivity index (χ1n) is 9.07. The zero-order valence-electron chi connectivity index (χ0n) is 16.2. The molecule has 1 fully saturated rings. The zero-order chi connectivity index (χ0) is 20.9. The summed E-state index contributed by atoms with van der Waals surface area (Å²) in [5, 5.41) is 23.3. The summed E-state index contributed by atoms with van der Waals surface area (Å²) in [5.41, 5.74) is -0.692. The van der Waals surface area contributed by atoms with Crippen LogP contribution in [-0.2, 0) is 4.74 Å². The molecule has 1 aromatic carbocycles. The van der Waals surface area contributed by atoms with Crippen molar-refractivity contribution in [1.82, 2.24) is 4.90 Å². The lowest BCUT2D eigenvalue weighted by atomic mass is 10.0. The van der Waals surface area contributed by atoms with Crippen LogP contribution in [0.25, 0.3) is 0 Å². The Labute approximate surface area is 167 Å². The molecule has 1 saturated heterocycles. The Balaban J connectivity index is 2.06. The molecule has 1 aliphatic rings. The average Bonchev–Trinajstić information content (AvgIpc) is 2.60. The quantitative estimate of drug-likeness (QED) is 0.415. The van der Waals surface area contributed by atoms with Gasteiger partial charge in [0.1, 0.15) is 5.60 Å². The molecule has 0 aromatic heterocycles. The summed E-state index contributed by atoms with van der Waals surface area (Å²) < 4.78 is 19.3. The predicted molar refractivity (Wildman–Crippen MR) is 105 cm³/mol. The Morgan fingerprint density at radius 1 is 1.43 bits per heavy atom. The lowest BCUT2D eigenvalue weighted by Gasteiger charge is -2.34. The number of nitro benzene ring substituents is 1. The predicted octanol–water partition coefficient (Wildman–Crippen LogP) is 3.63. The first-order valence-corrected chi connectivity index (χ1v) is 10.1. The molecule has 1 aromatic rings. The number of carbonyl (C=O) groups excluding carboxylic acids is 1. The maximum Gasteiger partial charge on any atom is 0.410 e. The van der Waals surface area contributed by atoms with Gasteiger partial charge in [-0.2, -0.15) is 4.39 Å². The smallest absolute Gasteiger partial charge is 0.410 e. The second-order valence-electron chi connectivity index (χ2n) is 7.51. The minimum absolute atomic E-state index is 0.0165. The molecule has 2 N–H and O–H groups in total. The van der Waals surface area contributed by atoms with Crippen molar-refractivity contribution in [2.45, 2.75) is 50.2 Å². The van der Waals surface area contributed by atoms with Crippen LogP contribution >= 0.6 is 11.8 Å². The Kier molecular flexibility index (Phi) is 7.48. The molecule has 28 heavy (non-hydrogen) atoms. The molecule has 2 rings (SSSR count). The van der Waals surface area contributed by atoms with E-state index in [0.29, 0.717) is 42.3 Å². The van der Waals surface area contributed by atoms with Crippen molar-refractivity contribution in [3.05, 3.63) is 28.1 Å². The van der Waals surface area contributed by atoms with Gasteiger partial charge in [-0.05, 0) is 39.7 Å². The van der Waals surface area contributed by atoms with Crippen LogP contribution in [0.1, 0.15) is 33.6 Å². The van der Waals surface area contributed by atoms with Gasteiger partial charge in [0.2, 0.25) is 5.82 Å². The van der Waals surface area contributed by atoms with Crippen LogP contribution in [0.5, 0.6) is 0 Å². The molecule has 0 radical (unpaired) electrons. The molecule has 0 saturated carbocycles. The normalized spacial score (nSPS) is 15.4. The van der Waals surface area contributed by atoms with Crippen molar-refractivity contribution >= 4 is 29.2 Å². The largest absolute Gasteiger partial charge is 0.444 e. The molecule has 0 aliphatic carbocycles. The van der Waals surface area contributed by atoms with Gasteiger partial charge in [0.05, 0.1) is 17.2 Å². The molecular formula is C18H26FN3O5S. The number of likely N-dealkylation sites (tertiary alicyclic amines) is 1. The van der Waals surface area contributed by atoms with E-state index in [1.807, 2.05) is 20.8 Å². The molecule has 156 valence electrons. The summed E-state index contributed by atoms with van der Waals surface area (Å²) in [7, 11) is 0. The summed E-state index contributed by atoms with van der Waals surface area (Å²) >= 11 is 1.22. The Bertz CT molecular complexity index is 718. The highest BCUT2D eigenvalue weighted by Gasteiger charge is 2.28. The zero-order valence-corrected chi connectivity index (χ0v) is 17.1. The molecule has 1 heterocycles. The van der Waals surface area contributed by atoms with E-state index in [9.17, 15) is 19.3 Å². The lowest BCUT2D eigenvalue weighted by Crippen LogP contribution is -2.44. The molecule has 0 bridgehead atoms. The summed E-state index contributed by atoms with van der Waals surface area (Å²) in [6, 6.07) is 2.29. The van der Waals surface area contributed by atoms with Crippen LogP contribution in [0.15, 0.2) is 17.0 Å². The number of benzene rings is 1. The van der Waals surface area contributed by atoms with E-state index in [2.05, 4.69) is 5.32 Å². The van der Waals surface area contributed by atoms with E-state index < -0.39 is 22.0 Å². The van der Waals surface area contributed by atoms with E-state index in [0.717, 1.165) is 6.07 Å². The summed E-state index contributed by atoms with van der Waals surface area (Å²) in [6.45, 7) is 6.34. The van der Waals surface area contributed by atoms with Crippen molar-refractivity contribution < 1.29 is 24.0 Å². The fourth-order valence-electron chi connectivity index (χ4n) is 2.82. The highest BCUT2D eigenvalue weighted by atomic mass is 32.2. The van der Waals surface area contributed by atoms with E-state index in [4.69, 9.17) is 9.84 Å². The van der Waals surface area contributed by atoms with Crippen LogP contribution in [0, 0.1) is 15.9 Å². The number of hydrogen-bond donors (Lipinski definition) is 2. The van der Waals surface area contributed by atoms with Gasteiger partial charge in [-0.25, -0.2) is 4.79 Å². The molecular weight excluding hydrogens is 389 g/mol. The maximum absolute atomic E-state index is 14.0. The van der Waals surface area contributed by atoms with Crippen molar-refractivity contribution in [3.8, 4) is 0 Å². The SMILES string of the molecule is CC(C)(C)OC(=O)N1CCC(Nc2cc([N+](=O)[O-])c(F)cc2SCCO)CC1. The van der Waals surface area contributed by atoms with Crippen LogP contribution in [0.4, 0.5) is 20.6 Å². The summed E-state index contributed by atoms with van der Waals surface area (Å²) in [6.07, 6.45) is 0.908. The molecule has 8 nitrogen and oxygen atoms in total. The number of ether oxygens (including phenoxy) is 1. The van der Waals surface area contributed by atoms with Gasteiger partial charge in [-0.3, -0.25) is 10.1 Å². The Morgan fingerprint density at radius 3 is 2.61 bits per heavy atom. The number of aliphatic hydroxyl groups excluding tert-OH is 1. The van der Waals surface area contributed by atoms with Crippen LogP contribution < -0.4 is 5.32 Å². The number of aliphatic hydroxyl groups is 1. The number of rotatable bonds is 6.